The molecule has 3 nitrogen and oxygen atoms in total. The Hall–Kier alpha value is -0.990. The summed E-state index contributed by atoms with van der Waals surface area (Å²) in [6.45, 7) is 2.85. The number of rotatable bonds is 16. The quantitative estimate of drug-likeness (QED) is 0.260. The normalized spacial score (nSPS) is 11.1. The zero-order valence-corrected chi connectivity index (χ0v) is 14.6. The molecule has 0 aliphatic rings. The van der Waals surface area contributed by atoms with Crippen molar-refractivity contribution >= 4 is 6.09 Å². The lowest BCUT2D eigenvalue weighted by Crippen LogP contribution is -2.21. The third kappa shape index (κ3) is 19.0. The van der Waals surface area contributed by atoms with Crippen molar-refractivity contribution in [1.82, 2.24) is 5.32 Å². The van der Waals surface area contributed by atoms with E-state index in [9.17, 15) is 4.79 Å². The molecule has 0 aliphatic carbocycles. The average Bonchev–Trinajstić information content (AvgIpc) is 2.50. The van der Waals surface area contributed by atoms with Gasteiger partial charge in [0.25, 0.3) is 0 Å². The Bertz CT molecular complexity index is 264. The number of hydrogen-bond acceptors (Lipinski definition) is 1. The highest BCUT2D eigenvalue weighted by Crippen LogP contribution is 2.11. The number of nitrogens with one attached hydrogen (secondary N) is 1. The maximum absolute atomic E-state index is 10.2. The molecule has 0 aromatic heterocycles. The Labute approximate surface area is 137 Å². The summed E-state index contributed by atoms with van der Waals surface area (Å²) in [6.07, 6.45) is 21.8. The Balaban J connectivity index is 3.07. The number of carbonyl (C=O) groups is 1. The topological polar surface area (TPSA) is 49.3 Å². The molecule has 2 N–H and O–H groups in total. The summed E-state index contributed by atoms with van der Waals surface area (Å²) in [5.41, 5.74) is 0. The van der Waals surface area contributed by atoms with Gasteiger partial charge < -0.3 is 10.4 Å². The highest BCUT2D eigenvalue weighted by molar-refractivity contribution is 5.64. The van der Waals surface area contributed by atoms with Crippen LogP contribution in [0.2, 0.25) is 0 Å². The van der Waals surface area contributed by atoms with E-state index in [2.05, 4.69) is 24.4 Å². The van der Waals surface area contributed by atoms with Crippen molar-refractivity contribution in [3.8, 4) is 0 Å². The number of allylic oxidation sites excluding steroid dienone is 2. The molecule has 0 atom stereocenters. The van der Waals surface area contributed by atoms with Crippen molar-refractivity contribution in [3.63, 3.8) is 0 Å². The van der Waals surface area contributed by atoms with Crippen molar-refractivity contribution in [2.24, 2.45) is 0 Å². The summed E-state index contributed by atoms with van der Waals surface area (Å²) < 4.78 is 0. The van der Waals surface area contributed by atoms with Crippen LogP contribution < -0.4 is 5.32 Å². The molecule has 22 heavy (non-hydrogen) atoms. The predicted molar refractivity (Wildman–Crippen MR) is 95.5 cm³/mol. The molecule has 0 radical (unpaired) electrons. The third-order valence-electron chi connectivity index (χ3n) is 3.96. The number of amides is 1. The first kappa shape index (κ1) is 21.0. The number of hydrogen-bond donors (Lipinski definition) is 2. The predicted octanol–water partition coefficient (Wildman–Crippen LogP) is 6.29. The van der Waals surface area contributed by atoms with Gasteiger partial charge >= 0.3 is 6.09 Å². The van der Waals surface area contributed by atoms with E-state index in [1.807, 2.05) is 0 Å². The first-order valence-corrected chi connectivity index (χ1v) is 9.39. The molecular formula is C19H37NO2. The van der Waals surface area contributed by atoms with Crippen LogP contribution in [0.4, 0.5) is 4.79 Å². The lowest BCUT2D eigenvalue weighted by Gasteiger charge is -2.01. The van der Waals surface area contributed by atoms with Gasteiger partial charge in [0.05, 0.1) is 0 Å². The van der Waals surface area contributed by atoms with E-state index in [-0.39, 0.29) is 0 Å². The molecule has 0 fully saturated rings. The zero-order chi connectivity index (χ0) is 16.3. The lowest BCUT2D eigenvalue weighted by molar-refractivity contribution is 0.194. The van der Waals surface area contributed by atoms with Gasteiger partial charge in [-0.1, -0.05) is 76.9 Å². The second kappa shape index (κ2) is 18.1. The van der Waals surface area contributed by atoms with Crippen LogP contribution in [0.3, 0.4) is 0 Å². The molecule has 130 valence electrons. The fourth-order valence-electron chi connectivity index (χ4n) is 2.57. The Morgan fingerprint density at radius 1 is 0.773 bits per heavy atom. The first-order chi connectivity index (χ1) is 10.8. The zero-order valence-electron chi connectivity index (χ0n) is 14.6. The van der Waals surface area contributed by atoms with E-state index in [0.29, 0.717) is 6.54 Å². The molecule has 0 saturated heterocycles. The summed E-state index contributed by atoms with van der Waals surface area (Å²) in [6, 6.07) is 0. The smallest absolute Gasteiger partial charge is 0.404 e. The minimum atomic E-state index is -0.916. The van der Waals surface area contributed by atoms with Crippen molar-refractivity contribution in [2.75, 3.05) is 6.54 Å². The lowest BCUT2D eigenvalue weighted by atomic mass is 10.1. The van der Waals surface area contributed by atoms with Crippen LogP contribution in [0, 0.1) is 0 Å². The van der Waals surface area contributed by atoms with E-state index in [1.54, 1.807) is 0 Å². The molecule has 0 aliphatic heterocycles. The third-order valence-corrected chi connectivity index (χ3v) is 3.96. The summed E-state index contributed by atoms with van der Waals surface area (Å²) in [4.78, 5) is 10.2. The highest BCUT2D eigenvalue weighted by Gasteiger charge is 1.93. The molecule has 0 unspecified atom stereocenters. The van der Waals surface area contributed by atoms with E-state index >= 15 is 0 Å². The maximum atomic E-state index is 10.2. The van der Waals surface area contributed by atoms with Crippen LogP contribution in [0.15, 0.2) is 12.2 Å². The van der Waals surface area contributed by atoms with E-state index in [0.717, 1.165) is 25.7 Å². The molecule has 0 aromatic carbocycles. The molecule has 3 heteroatoms. The van der Waals surface area contributed by atoms with Crippen LogP contribution >= 0.6 is 0 Å². The summed E-state index contributed by atoms with van der Waals surface area (Å²) in [5, 5.41) is 10.8. The summed E-state index contributed by atoms with van der Waals surface area (Å²) in [5.74, 6) is 0. The molecule has 0 rings (SSSR count). The molecule has 1 amide bonds. The monoisotopic (exact) mass is 311 g/mol. The van der Waals surface area contributed by atoms with Crippen molar-refractivity contribution < 1.29 is 9.90 Å². The summed E-state index contributed by atoms with van der Waals surface area (Å²) in [7, 11) is 0. The minimum absolute atomic E-state index is 0.581. The fourth-order valence-corrected chi connectivity index (χ4v) is 2.57. The van der Waals surface area contributed by atoms with Gasteiger partial charge in [-0.25, -0.2) is 4.79 Å². The first-order valence-electron chi connectivity index (χ1n) is 9.39. The van der Waals surface area contributed by atoms with Crippen molar-refractivity contribution in [2.45, 2.75) is 96.8 Å². The van der Waals surface area contributed by atoms with Crippen molar-refractivity contribution in [1.29, 1.82) is 0 Å². The fraction of sp³-hybridized carbons (Fsp3) is 0.842. The Morgan fingerprint density at radius 3 is 1.73 bits per heavy atom. The standard InChI is InChI=1S/C19H37NO2/c1-2-3-4-5-6-7-8-9-10-11-12-13-14-15-16-17-18-20-19(21)22/h12-13,20H,2-11,14-18H2,1H3,(H,21,22)/b13-12-. The van der Waals surface area contributed by atoms with E-state index in [4.69, 9.17) is 5.11 Å². The Morgan fingerprint density at radius 2 is 1.23 bits per heavy atom. The van der Waals surface area contributed by atoms with E-state index in [1.165, 1.54) is 64.2 Å². The van der Waals surface area contributed by atoms with E-state index < -0.39 is 6.09 Å². The maximum Gasteiger partial charge on any atom is 0.404 e. The van der Waals surface area contributed by atoms with Crippen LogP contribution in [0.5, 0.6) is 0 Å². The molecule has 0 spiro atoms. The number of unbranched alkanes of at least 4 members (excludes halogenated alkanes) is 12. The van der Waals surface area contributed by atoms with Crippen LogP contribution in [0.25, 0.3) is 0 Å². The van der Waals surface area contributed by atoms with Crippen LogP contribution in [-0.4, -0.2) is 17.7 Å². The van der Waals surface area contributed by atoms with Gasteiger partial charge in [-0.15, -0.1) is 0 Å². The average molecular weight is 312 g/mol. The van der Waals surface area contributed by atoms with Gasteiger partial charge in [-0.2, -0.15) is 0 Å². The molecule has 0 heterocycles. The SMILES string of the molecule is CCCCCCCCCCC/C=C\CCCCCNC(=O)O. The molecule has 0 aromatic rings. The van der Waals surface area contributed by atoms with Crippen LogP contribution in [0.1, 0.15) is 96.8 Å². The van der Waals surface area contributed by atoms with Gasteiger partial charge in [0, 0.05) is 6.54 Å². The van der Waals surface area contributed by atoms with Crippen LogP contribution in [-0.2, 0) is 0 Å². The molecule has 0 saturated carbocycles. The molecular weight excluding hydrogens is 274 g/mol. The largest absolute Gasteiger partial charge is 0.465 e. The van der Waals surface area contributed by atoms with Gasteiger partial charge in [0.15, 0.2) is 0 Å². The van der Waals surface area contributed by atoms with Gasteiger partial charge in [-0.05, 0) is 32.1 Å². The Kier molecular flexibility index (Phi) is 17.2. The summed E-state index contributed by atoms with van der Waals surface area (Å²) >= 11 is 0. The van der Waals surface area contributed by atoms with Gasteiger partial charge in [-0.3, -0.25) is 0 Å². The minimum Gasteiger partial charge on any atom is -0.465 e. The second-order valence-electron chi connectivity index (χ2n) is 6.17. The van der Waals surface area contributed by atoms with Crippen molar-refractivity contribution in [3.05, 3.63) is 12.2 Å². The number of carboxylic acid groups (broad SMARTS) is 1. The highest BCUT2D eigenvalue weighted by atomic mass is 16.4. The second-order valence-corrected chi connectivity index (χ2v) is 6.17. The van der Waals surface area contributed by atoms with Gasteiger partial charge in [0.2, 0.25) is 0 Å². The van der Waals surface area contributed by atoms with Gasteiger partial charge in [0.1, 0.15) is 0 Å². The molecule has 0 bridgehead atoms.